The highest BCUT2D eigenvalue weighted by Gasteiger charge is 2.09. The van der Waals surface area contributed by atoms with Gasteiger partial charge in [0.05, 0.1) is 6.04 Å². The number of pyridine rings is 1. The summed E-state index contributed by atoms with van der Waals surface area (Å²) in [6, 6.07) is 20.5. The number of anilines is 1. The van der Waals surface area contributed by atoms with Gasteiger partial charge in [0, 0.05) is 0 Å². The third-order valence-electron chi connectivity index (χ3n) is 3.37. The molecule has 2 aromatic carbocycles. The van der Waals surface area contributed by atoms with E-state index >= 15 is 0 Å². The summed E-state index contributed by atoms with van der Waals surface area (Å²) in [7, 11) is 0. The van der Waals surface area contributed by atoms with E-state index in [1.807, 2.05) is 12.1 Å². The highest BCUT2D eigenvalue weighted by molar-refractivity contribution is 6.29. The minimum absolute atomic E-state index is 0.159. The summed E-state index contributed by atoms with van der Waals surface area (Å²) in [5.41, 5.74) is 1.25. The molecular weight excluding hydrogens is 268 g/mol. The highest BCUT2D eigenvalue weighted by Crippen LogP contribution is 2.26. The molecule has 100 valence electrons. The fourth-order valence-electron chi connectivity index (χ4n) is 2.42. The molecule has 0 bridgehead atoms. The van der Waals surface area contributed by atoms with E-state index in [4.69, 9.17) is 11.6 Å². The standard InChI is InChI=1S/C17H15ClN2/c1-12(19-17-11-5-10-16(18)20-17)14-9-4-7-13-6-2-3-8-15(13)14/h2-12H,1H3,(H,19,20). The molecule has 2 nitrogen and oxygen atoms in total. The maximum absolute atomic E-state index is 5.92. The molecule has 0 aliphatic carbocycles. The predicted octanol–water partition coefficient (Wildman–Crippen LogP) is 5.06. The summed E-state index contributed by atoms with van der Waals surface area (Å²) in [6.45, 7) is 2.13. The maximum atomic E-state index is 5.92. The zero-order valence-electron chi connectivity index (χ0n) is 11.2. The number of nitrogens with zero attached hydrogens (tertiary/aromatic N) is 1. The van der Waals surface area contributed by atoms with Crippen LogP contribution in [0, 0.1) is 0 Å². The Kier molecular flexibility index (Phi) is 3.57. The van der Waals surface area contributed by atoms with Gasteiger partial charge in [0.15, 0.2) is 0 Å². The van der Waals surface area contributed by atoms with Crippen LogP contribution in [0.15, 0.2) is 60.7 Å². The van der Waals surface area contributed by atoms with Crippen molar-refractivity contribution < 1.29 is 0 Å². The fraction of sp³-hybridized carbons (Fsp3) is 0.118. The molecule has 0 spiro atoms. The average Bonchev–Trinajstić information content (AvgIpc) is 2.46. The molecule has 1 aromatic heterocycles. The first kappa shape index (κ1) is 12.9. The zero-order valence-corrected chi connectivity index (χ0v) is 11.9. The number of hydrogen-bond acceptors (Lipinski definition) is 2. The summed E-state index contributed by atoms with van der Waals surface area (Å²) in [5, 5.41) is 6.40. The molecule has 0 aliphatic heterocycles. The van der Waals surface area contributed by atoms with E-state index in [1.165, 1.54) is 16.3 Å². The van der Waals surface area contributed by atoms with Crippen LogP contribution in [0.1, 0.15) is 18.5 Å². The molecule has 3 heteroatoms. The lowest BCUT2D eigenvalue weighted by molar-refractivity contribution is 0.884. The van der Waals surface area contributed by atoms with Gasteiger partial charge >= 0.3 is 0 Å². The lowest BCUT2D eigenvalue weighted by Crippen LogP contribution is -2.08. The third kappa shape index (κ3) is 2.61. The molecule has 3 aromatic rings. The Morgan fingerprint density at radius 1 is 0.950 bits per heavy atom. The van der Waals surface area contributed by atoms with Crippen molar-refractivity contribution in [1.82, 2.24) is 4.98 Å². The van der Waals surface area contributed by atoms with Gasteiger partial charge < -0.3 is 5.32 Å². The first-order chi connectivity index (χ1) is 9.74. The van der Waals surface area contributed by atoms with Crippen molar-refractivity contribution >= 4 is 28.2 Å². The Morgan fingerprint density at radius 3 is 2.55 bits per heavy atom. The van der Waals surface area contributed by atoms with Crippen molar-refractivity contribution in [2.75, 3.05) is 5.32 Å². The van der Waals surface area contributed by atoms with Crippen LogP contribution in [0.3, 0.4) is 0 Å². The summed E-state index contributed by atoms with van der Waals surface area (Å²) >= 11 is 5.92. The third-order valence-corrected chi connectivity index (χ3v) is 3.58. The molecule has 1 unspecified atom stereocenters. The van der Waals surface area contributed by atoms with Crippen LogP contribution in [0.4, 0.5) is 5.82 Å². The quantitative estimate of drug-likeness (QED) is 0.679. The van der Waals surface area contributed by atoms with E-state index < -0.39 is 0 Å². The number of fused-ring (bicyclic) bond motifs is 1. The van der Waals surface area contributed by atoms with E-state index in [-0.39, 0.29) is 6.04 Å². The fourth-order valence-corrected chi connectivity index (χ4v) is 2.58. The minimum Gasteiger partial charge on any atom is -0.363 e. The molecule has 20 heavy (non-hydrogen) atoms. The highest BCUT2D eigenvalue weighted by atomic mass is 35.5. The van der Waals surface area contributed by atoms with Gasteiger partial charge in [0.1, 0.15) is 11.0 Å². The van der Waals surface area contributed by atoms with Crippen molar-refractivity contribution in [3.05, 3.63) is 71.4 Å². The lowest BCUT2D eigenvalue weighted by Gasteiger charge is -2.17. The second-order valence-corrected chi connectivity index (χ2v) is 5.17. The van der Waals surface area contributed by atoms with Crippen molar-refractivity contribution in [3.8, 4) is 0 Å². The number of aromatic nitrogens is 1. The number of halogens is 1. The molecule has 0 saturated heterocycles. The monoisotopic (exact) mass is 282 g/mol. The molecular formula is C17H15ClN2. The van der Waals surface area contributed by atoms with Gasteiger partial charge in [-0.15, -0.1) is 0 Å². The Bertz CT molecular complexity index is 734. The molecule has 0 fully saturated rings. The van der Waals surface area contributed by atoms with E-state index in [0.29, 0.717) is 5.15 Å². The number of nitrogens with one attached hydrogen (secondary N) is 1. The van der Waals surface area contributed by atoms with Crippen LogP contribution in [-0.4, -0.2) is 4.98 Å². The number of benzene rings is 2. The van der Waals surface area contributed by atoms with Crippen LogP contribution < -0.4 is 5.32 Å². The van der Waals surface area contributed by atoms with Crippen LogP contribution in [-0.2, 0) is 0 Å². The maximum Gasteiger partial charge on any atom is 0.131 e. The summed E-state index contributed by atoms with van der Waals surface area (Å²) in [5.74, 6) is 0.790. The molecule has 3 rings (SSSR count). The van der Waals surface area contributed by atoms with Crippen molar-refractivity contribution in [3.63, 3.8) is 0 Å². The Labute approximate surface area is 123 Å². The van der Waals surface area contributed by atoms with E-state index in [2.05, 4.69) is 59.7 Å². The van der Waals surface area contributed by atoms with Gasteiger partial charge in [0.25, 0.3) is 0 Å². The van der Waals surface area contributed by atoms with Gasteiger partial charge in [0.2, 0.25) is 0 Å². The molecule has 1 atom stereocenters. The van der Waals surface area contributed by atoms with E-state index in [0.717, 1.165) is 5.82 Å². The smallest absolute Gasteiger partial charge is 0.131 e. The summed E-state index contributed by atoms with van der Waals surface area (Å²) < 4.78 is 0. The van der Waals surface area contributed by atoms with E-state index in [9.17, 15) is 0 Å². The van der Waals surface area contributed by atoms with Crippen molar-refractivity contribution in [2.24, 2.45) is 0 Å². The Balaban J connectivity index is 1.94. The van der Waals surface area contributed by atoms with Crippen LogP contribution in [0.25, 0.3) is 10.8 Å². The second-order valence-electron chi connectivity index (χ2n) is 4.78. The molecule has 0 saturated carbocycles. The van der Waals surface area contributed by atoms with Crippen molar-refractivity contribution in [1.29, 1.82) is 0 Å². The first-order valence-corrected chi connectivity index (χ1v) is 6.98. The van der Waals surface area contributed by atoms with Gasteiger partial charge in [-0.1, -0.05) is 60.1 Å². The average molecular weight is 283 g/mol. The van der Waals surface area contributed by atoms with Gasteiger partial charge in [-0.25, -0.2) is 4.98 Å². The Hall–Kier alpha value is -2.06. The van der Waals surface area contributed by atoms with Gasteiger partial charge in [-0.3, -0.25) is 0 Å². The zero-order chi connectivity index (χ0) is 13.9. The lowest BCUT2D eigenvalue weighted by atomic mass is 10.00. The predicted molar refractivity (Wildman–Crippen MR) is 85.2 cm³/mol. The minimum atomic E-state index is 0.159. The van der Waals surface area contributed by atoms with Gasteiger partial charge in [-0.05, 0) is 35.4 Å². The van der Waals surface area contributed by atoms with Crippen molar-refractivity contribution in [2.45, 2.75) is 13.0 Å². The number of hydrogen-bond donors (Lipinski definition) is 1. The molecule has 0 aliphatic rings. The van der Waals surface area contributed by atoms with Crippen LogP contribution in [0.2, 0.25) is 5.15 Å². The topological polar surface area (TPSA) is 24.9 Å². The number of rotatable bonds is 3. The first-order valence-electron chi connectivity index (χ1n) is 6.61. The molecule has 0 amide bonds. The summed E-state index contributed by atoms with van der Waals surface area (Å²) in [4.78, 5) is 4.27. The molecule has 0 radical (unpaired) electrons. The van der Waals surface area contributed by atoms with Crippen LogP contribution >= 0.6 is 11.6 Å². The Morgan fingerprint density at radius 2 is 1.70 bits per heavy atom. The second kappa shape index (κ2) is 5.51. The normalized spacial score (nSPS) is 12.3. The van der Waals surface area contributed by atoms with Crippen LogP contribution in [0.5, 0.6) is 0 Å². The van der Waals surface area contributed by atoms with Gasteiger partial charge in [-0.2, -0.15) is 0 Å². The largest absolute Gasteiger partial charge is 0.363 e. The summed E-state index contributed by atoms with van der Waals surface area (Å²) in [6.07, 6.45) is 0. The molecule has 1 heterocycles. The SMILES string of the molecule is CC(Nc1cccc(Cl)n1)c1cccc2ccccc12. The van der Waals surface area contributed by atoms with E-state index in [1.54, 1.807) is 6.07 Å². The molecule has 1 N–H and O–H groups in total.